The van der Waals surface area contributed by atoms with Gasteiger partial charge < -0.3 is 15.0 Å². The third-order valence-corrected chi connectivity index (χ3v) is 6.40. The van der Waals surface area contributed by atoms with Crippen LogP contribution in [0.1, 0.15) is 43.7 Å². The second-order valence-corrected chi connectivity index (χ2v) is 9.33. The molecule has 1 aliphatic carbocycles. The molecule has 166 valence electrons. The van der Waals surface area contributed by atoms with E-state index in [9.17, 15) is 9.59 Å². The highest BCUT2D eigenvalue weighted by atomic mass is 79.9. The number of carbonyl (C=O) groups excluding carboxylic acids is 2. The Labute approximate surface area is 197 Å². The Balaban J connectivity index is 1.73. The molecule has 0 unspecified atom stereocenters. The number of amides is 2. The number of hydrogen-bond acceptors (Lipinski definition) is 3. The average Bonchev–Trinajstić information content (AvgIpc) is 3.23. The molecule has 0 radical (unpaired) electrons. The van der Waals surface area contributed by atoms with Gasteiger partial charge in [0, 0.05) is 17.6 Å². The Morgan fingerprint density at radius 2 is 1.97 bits per heavy atom. The van der Waals surface area contributed by atoms with Crippen LogP contribution in [0.2, 0.25) is 5.02 Å². The number of carbonyl (C=O) groups is 2. The Hall–Kier alpha value is -2.05. The standard InChI is InChI=1S/C24H28BrClN2O3/c1-16-6-5-7-18(12-16)14-28(17(2)24(30)27-20-8-3-4-9-20)23(29)15-31-22-11-10-19(26)13-21(22)25/h5-7,10-13,17,20H,3-4,8-9,14-15H2,1-2H3,(H,27,30)/t17-/m0/s1. The van der Waals surface area contributed by atoms with E-state index in [0.29, 0.717) is 21.8 Å². The van der Waals surface area contributed by atoms with Crippen molar-refractivity contribution < 1.29 is 14.3 Å². The highest BCUT2D eigenvalue weighted by molar-refractivity contribution is 9.10. The van der Waals surface area contributed by atoms with Gasteiger partial charge in [-0.2, -0.15) is 0 Å². The summed E-state index contributed by atoms with van der Waals surface area (Å²) in [7, 11) is 0. The van der Waals surface area contributed by atoms with Gasteiger partial charge in [-0.05, 0) is 66.4 Å². The summed E-state index contributed by atoms with van der Waals surface area (Å²) >= 11 is 9.37. The highest BCUT2D eigenvalue weighted by Crippen LogP contribution is 2.28. The molecule has 0 heterocycles. The summed E-state index contributed by atoms with van der Waals surface area (Å²) in [6.07, 6.45) is 4.26. The summed E-state index contributed by atoms with van der Waals surface area (Å²) in [5, 5.41) is 3.68. The molecule has 1 fully saturated rings. The van der Waals surface area contributed by atoms with Crippen molar-refractivity contribution in [3.63, 3.8) is 0 Å². The van der Waals surface area contributed by atoms with Gasteiger partial charge in [-0.25, -0.2) is 0 Å². The molecular formula is C24H28BrClN2O3. The van der Waals surface area contributed by atoms with Crippen LogP contribution in [0.4, 0.5) is 0 Å². The van der Waals surface area contributed by atoms with Crippen LogP contribution in [0.5, 0.6) is 5.75 Å². The molecule has 2 amide bonds. The summed E-state index contributed by atoms with van der Waals surface area (Å²) in [6.45, 7) is 3.95. The van der Waals surface area contributed by atoms with Gasteiger partial charge in [0.1, 0.15) is 11.8 Å². The fourth-order valence-corrected chi connectivity index (χ4v) is 4.59. The van der Waals surface area contributed by atoms with Crippen molar-refractivity contribution in [1.29, 1.82) is 0 Å². The number of aryl methyl sites for hydroxylation is 1. The fourth-order valence-electron chi connectivity index (χ4n) is 3.80. The summed E-state index contributed by atoms with van der Waals surface area (Å²) < 4.78 is 6.40. The number of halogens is 2. The monoisotopic (exact) mass is 506 g/mol. The predicted molar refractivity (Wildman–Crippen MR) is 126 cm³/mol. The summed E-state index contributed by atoms with van der Waals surface area (Å²) in [5.41, 5.74) is 2.08. The van der Waals surface area contributed by atoms with Crippen molar-refractivity contribution in [1.82, 2.24) is 10.2 Å². The van der Waals surface area contributed by atoms with Gasteiger partial charge in [0.25, 0.3) is 5.91 Å². The van der Waals surface area contributed by atoms with E-state index < -0.39 is 6.04 Å². The normalized spacial score (nSPS) is 14.8. The topological polar surface area (TPSA) is 58.6 Å². The van der Waals surface area contributed by atoms with Crippen molar-refractivity contribution >= 4 is 39.3 Å². The van der Waals surface area contributed by atoms with E-state index >= 15 is 0 Å². The second-order valence-electron chi connectivity index (χ2n) is 8.04. The quantitative estimate of drug-likeness (QED) is 0.530. The van der Waals surface area contributed by atoms with Gasteiger partial charge in [-0.3, -0.25) is 9.59 Å². The number of nitrogens with zero attached hydrogens (tertiary/aromatic N) is 1. The first kappa shape index (κ1) is 23.6. The molecule has 2 aromatic rings. The number of nitrogens with one attached hydrogen (secondary N) is 1. The molecule has 2 aromatic carbocycles. The van der Waals surface area contributed by atoms with Gasteiger partial charge >= 0.3 is 0 Å². The summed E-state index contributed by atoms with van der Waals surface area (Å²) in [6, 6.07) is 12.7. The van der Waals surface area contributed by atoms with Crippen molar-refractivity contribution in [2.45, 2.75) is 58.2 Å². The number of rotatable bonds is 8. The zero-order valence-corrected chi connectivity index (χ0v) is 20.2. The van der Waals surface area contributed by atoms with E-state index in [0.717, 1.165) is 36.8 Å². The Kier molecular flexibility index (Phi) is 8.38. The van der Waals surface area contributed by atoms with E-state index in [1.165, 1.54) is 0 Å². The molecule has 0 saturated heterocycles. The predicted octanol–water partition coefficient (Wildman–Crippen LogP) is 5.27. The van der Waals surface area contributed by atoms with Crippen molar-refractivity contribution in [3.8, 4) is 5.75 Å². The maximum atomic E-state index is 13.1. The fraction of sp³-hybridized carbons (Fsp3) is 0.417. The molecule has 0 aliphatic heterocycles. The lowest BCUT2D eigenvalue weighted by Gasteiger charge is -2.29. The third kappa shape index (κ3) is 6.71. The minimum absolute atomic E-state index is 0.124. The third-order valence-electron chi connectivity index (χ3n) is 5.55. The van der Waals surface area contributed by atoms with Crippen LogP contribution >= 0.6 is 27.5 Å². The van der Waals surface area contributed by atoms with E-state index in [2.05, 4.69) is 21.2 Å². The molecule has 1 saturated carbocycles. The van der Waals surface area contributed by atoms with E-state index in [1.807, 2.05) is 31.2 Å². The first-order valence-electron chi connectivity index (χ1n) is 10.6. The average molecular weight is 508 g/mol. The summed E-state index contributed by atoms with van der Waals surface area (Å²) in [4.78, 5) is 27.6. The SMILES string of the molecule is Cc1cccc(CN(C(=O)COc2ccc(Cl)cc2Br)[C@@H](C)C(=O)NC2CCCC2)c1. The van der Waals surface area contributed by atoms with Crippen LogP contribution in [0.25, 0.3) is 0 Å². The molecule has 5 nitrogen and oxygen atoms in total. The van der Waals surface area contributed by atoms with Gasteiger partial charge in [0.15, 0.2) is 6.61 Å². The maximum Gasteiger partial charge on any atom is 0.261 e. The molecule has 3 rings (SSSR count). The van der Waals surface area contributed by atoms with Crippen LogP contribution in [0.3, 0.4) is 0 Å². The first-order valence-corrected chi connectivity index (χ1v) is 11.7. The molecule has 0 spiro atoms. The van der Waals surface area contributed by atoms with Crippen LogP contribution in [0, 0.1) is 6.92 Å². The molecule has 7 heteroatoms. The van der Waals surface area contributed by atoms with Gasteiger partial charge in [-0.1, -0.05) is 54.3 Å². The molecule has 0 aromatic heterocycles. The zero-order valence-electron chi connectivity index (χ0n) is 17.9. The van der Waals surface area contributed by atoms with Crippen molar-refractivity contribution in [3.05, 3.63) is 63.1 Å². The van der Waals surface area contributed by atoms with E-state index in [4.69, 9.17) is 16.3 Å². The molecule has 0 bridgehead atoms. The first-order chi connectivity index (χ1) is 14.8. The van der Waals surface area contributed by atoms with Gasteiger partial charge in [-0.15, -0.1) is 0 Å². The number of ether oxygens (including phenoxy) is 1. The van der Waals surface area contributed by atoms with Gasteiger partial charge in [0.2, 0.25) is 5.91 Å². The molecular weight excluding hydrogens is 480 g/mol. The lowest BCUT2D eigenvalue weighted by atomic mass is 10.1. The maximum absolute atomic E-state index is 13.1. The van der Waals surface area contributed by atoms with Crippen LogP contribution in [-0.4, -0.2) is 35.4 Å². The van der Waals surface area contributed by atoms with Crippen LogP contribution in [0.15, 0.2) is 46.9 Å². The molecule has 1 N–H and O–H groups in total. The summed E-state index contributed by atoms with van der Waals surface area (Å²) in [5.74, 6) is 0.148. The van der Waals surface area contributed by atoms with E-state index in [1.54, 1.807) is 30.0 Å². The number of hydrogen-bond donors (Lipinski definition) is 1. The highest BCUT2D eigenvalue weighted by Gasteiger charge is 2.28. The Morgan fingerprint density at radius 3 is 2.65 bits per heavy atom. The van der Waals surface area contributed by atoms with Crippen LogP contribution in [-0.2, 0) is 16.1 Å². The lowest BCUT2D eigenvalue weighted by Crippen LogP contribution is -2.50. The minimum atomic E-state index is -0.606. The smallest absolute Gasteiger partial charge is 0.261 e. The van der Waals surface area contributed by atoms with E-state index in [-0.39, 0.29) is 24.5 Å². The molecule has 31 heavy (non-hydrogen) atoms. The Bertz CT molecular complexity index is 931. The van der Waals surface area contributed by atoms with Crippen LogP contribution < -0.4 is 10.1 Å². The Morgan fingerprint density at radius 1 is 1.23 bits per heavy atom. The number of benzene rings is 2. The second kappa shape index (κ2) is 11.0. The van der Waals surface area contributed by atoms with Crippen molar-refractivity contribution in [2.24, 2.45) is 0 Å². The lowest BCUT2D eigenvalue weighted by molar-refractivity contribution is -0.142. The zero-order chi connectivity index (χ0) is 22.4. The largest absolute Gasteiger partial charge is 0.483 e. The molecule has 1 aliphatic rings. The minimum Gasteiger partial charge on any atom is -0.483 e. The van der Waals surface area contributed by atoms with Crippen molar-refractivity contribution in [2.75, 3.05) is 6.61 Å². The molecule has 1 atom stereocenters. The van der Waals surface area contributed by atoms with Gasteiger partial charge in [0.05, 0.1) is 4.47 Å².